The van der Waals surface area contributed by atoms with Crippen LogP contribution < -0.4 is 5.32 Å². The number of hydrogen-bond acceptors (Lipinski definition) is 1. The highest BCUT2D eigenvalue weighted by molar-refractivity contribution is 5.10. The van der Waals surface area contributed by atoms with Crippen LogP contribution in [0.15, 0.2) is 11.9 Å². The van der Waals surface area contributed by atoms with Crippen molar-refractivity contribution in [2.75, 3.05) is 13.1 Å². The summed E-state index contributed by atoms with van der Waals surface area (Å²) in [5.74, 6) is 1.48. The molecule has 2 unspecified atom stereocenters. The first-order valence-corrected chi connectivity index (χ1v) is 3.89. The molecule has 2 atom stereocenters. The SMILES string of the molecule is FC=C1CC2CNCC2C1. The van der Waals surface area contributed by atoms with E-state index in [2.05, 4.69) is 5.32 Å². The van der Waals surface area contributed by atoms with Crippen LogP contribution in [0.2, 0.25) is 0 Å². The molecule has 1 aliphatic carbocycles. The maximum atomic E-state index is 12.0. The zero-order chi connectivity index (χ0) is 6.97. The van der Waals surface area contributed by atoms with Crippen molar-refractivity contribution < 1.29 is 4.39 Å². The van der Waals surface area contributed by atoms with Crippen molar-refractivity contribution in [1.29, 1.82) is 0 Å². The second kappa shape index (κ2) is 2.35. The third-order valence-electron chi connectivity index (χ3n) is 2.68. The maximum absolute atomic E-state index is 12.0. The first kappa shape index (κ1) is 6.35. The predicted octanol–water partition coefficient (Wildman–Crippen LogP) is 1.47. The zero-order valence-electron chi connectivity index (χ0n) is 5.94. The number of halogens is 1. The normalized spacial score (nSPS) is 38.3. The lowest BCUT2D eigenvalue weighted by atomic mass is 10.0. The highest BCUT2D eigenvalue weighted by atomic mass is 19.1. The fourth-order valence-corrected chi connectivity index (χ4v) is 2.11. The molecular weight excluding hydrogens is 129 g/mol. The monoisotopic (exact) mass is 141 g/mol. The largest absolute Gasteiger partial charge is 0.316 e. The van der Waals surface area contributed by atoms with Crippen molar-refractivity contribution in [1.82, 2.24) is 5.32 Å². The number of rotatable bonds is 0. The van der Waals surface area contributed by atoms with Crippen LogP contribution in [0.3, 0.4) is 0 Å². The van der Waals surface area contributed by atoms with Gasteiger partial charge in [-0.1, -0.05) is 0 Å². The average Bonchev–Trinajstić information content (AvgIpc) is 2.42. The lowest BCUT2D eigenvalue weighted by Crippen LogP contribution is -2.09. The third kappa shape index (κ3) is 0.870. The Bertz CT molecular complexity index is 151. The number of allylic oxidation sites excluding steroid dienone is 1. The smallest absolute Gasteiger partial charge is 0.0859 e. The Morgan fingerprint density at radius 2 is 1.90 bits per heavy atom. The van der Waals surface area contributed by atoms with Gasteiger partial charge in [0.25, 0.3) is 0 Å². The van der Waals surface area contributed by atoms with Crippen LogP contribution in [-0.2, 0) is 0 Å². The molecule has 0 aromatic rings. The Balaban J connectivity index is 2.07. The van der Waals surface area contributed by atoms with Gasteiger partial charge in [0, 0.05) is 0 Å². The third-order valence-corrected chi connectivity index (χ3v) is 2.68. The molecule has 1 N–H and O–H groups in total. The van der Waals surface area contributed by atoms with Crippen LogP contribution in [0, 0.1) is 11.8 Å². The molecule has 0 amide bonds. The minimum absolute atomic E-state index is 0.738. The van der Waals surface area contributed by atoms with E-state index in [0.29, 0.717) is 0 Å². The fraction of sp³-hybridized carbons (Fsp3) is 0.750. The zero-order valence-corrected chi connectivity index (χ0v) is 5.94. The summed E-state index contributed by atoms with van der Waals surface area (Å²) in [6.07, 6.45) is 2.79. The molecule has 1 saturated carbocycles. The molecule has 2 aliphatic rings. The summed E-state index contributed by atoms with van der Waals surface area (Å²) in [7, 11) is 0. The molecule has 0 bridgehead atoms. The second-order valence-electron chi connectivity index (χ2n) is 3.35. The lowest BCUT2D eigenvalue weighted by molar-refractivity contribution is 0.494. The van der Waals surface area contributed by atoms with Crippen molar-refractivity contribution in [2.45, 2.75) is 12.8 Å². The van der Waals surface area contributed by atoms with E-state index >= 15 is 0 Å². The van der Waals surface area contributed by atoms with Gasteiger partial charge in [0.1, 0.15) is 0 Å². The van der Waals surface area contributed by atoms with Gasteiger partial charge in [-0.3, -0.25) is 0 Å². The molecule has 56 valence electrons. The quantitative estimate of drug-likeness (QED) is 0.538. The van der Waals surface area contributed by atoms with E-state index in [1.165, 1.54) is 0 Å². The van der Waals surface area contributed by atoms with Crippen molar-refractivity contribution in [3.05, 3.63) is 11.9 Å². The van der Waals surface area contributed by atoms with Crippen molar-refractivity contribution >= 4 is 0 Å². The standard InChI is InChI=1S/C8H12FN/c9-3-6-1-7-4-10-5-8(7)2-6/h3,7-8,10H,1-2,4-5H2. The summed E-state index contributed by atoms with van der Waals surface area (Å²) < 4.78 is 12.0. The van der Waals surface area contributed by atoms with Crippen LogP contribution >= 0.6 is 0 Å². The van der Waals surface area contributed by atoms with E-state index in [4.69, 9.17) is 0 Å². The molecule has 0 radical (unpaired) electrons. The maximum Gasteiger partial charge on any atom is 0.0859 e. The highest BCUT2D eigenvalue weighted by Crippen LogP contribution is 2.37. The summed E-state index contributed by atoms with van der Waals surface area (Å²) in [6, 6.07) is 0. The molecule has 0 spiro atoms. The fourth-order valence-electron chi connectivity index (χ4n) is 2.11. The Labute approximate surface area is 60.3 Å². The predicted molar refractivity (Wildman–Crippen MR) is 38.3 cm³/mol. The van der Waals surface area contributed by atoms with Crippen molar-refractivity contribution in [3.8, 4) is 0 Å². The minimum Gasteiger partial charge on any atom is -0.316 e. The Hall–Kier alpha value is -0.370. The first-order valence-electron chi connectivity index (χ1n) is 3.89. The van der Waals surface area contributed by atoms with Gasteiger partial charge in [0.05, 0.1) is 6.33 Å². The van der Waals surface area contributed by atoms with E-state index in [9.17, 15) is 4.39 Å². The van der Waals surface area contributed by atoms with Gasteiger partial charge >= 0.3 is 0 Å². The van der Waals surface area contributed by atoms with Gasteiger partial charge in [-0.15, -0.1) is 0 Å². The molecule has 1 aliphatic heterocycles. The van der Waals surface area contributed by atoms with Gasteiger partial charge in [-0.25, -0.2) is 4.39 Å². The van der Waals surface area contributed by atoms with Crippen molar-refractivity contribution in [2.24, 2.45) is 11.8 Å². The van der Waals surface area contributed by atoms with Gasteiger partial charge < -0.3 is 5.32 Å². The molecule has 0 aromatic carbocycles. The molecule has 1 nitrogen and oxygen atoms in total. The van der Waals surface area contributed by atoms with E-state index < -0.39 is 0 Å². The number of nitrogens with one attached hydrogen (secondary N) is 1. The summed E-state index contributed by atoms with van der Waals surface area (Å²) >= 11 is 0. The Morgan fingerprint density at radius 1 is 1.30 bits per heavy atom. The van der Waals surface area contributed by atoms with Crippen LogP contribution in [0.25, 0.3) is 0 Å². The van der Waals surface area contributed by atoms with Gasteiger partial charge in [0.15, 0.2) is 0 Å². The van der Waals surface area contributed by atoms with E-state index in [1.54, 1.807) is 0 Å². The second-order valence-corrected chi connectivity index (χ2v) is 3.35. The van der Waals surface area contributed by atoms with Crippen molar-refractivity contribution in [3.63, 3.8) is 0 Å². The van der Waals surface area contributed by atoms with Crippen LogP contribution in [-0.4, -0.2) is 13.1 Å². The van der Waals surface area contributed by atoms with E-state index in [1.807, 2.05) is 0 Å². The molecule has 10 heavy (non-hydrogen) atoms. The first-order chi connectivity index (χ1) is 4.90. The number of hydrogen-bond donors (Lipinski definition) is 1. The molecule has 2 rings (SSSR count). The number of fused-ring (bicyclic) bond motifs is 1. The molecular formula is C8H12FN. The Kier molecular flexibility index (Phi) is 1.49. The summed E-state index contributed by atoms with van der Waals surface area (Å²) in [5, 5.41) is 3.32. The molecule has 1 heterocycles. The van der Waals surface area contributed by atoms with E-state index in [0.717, 1.165) is 49.7 Å². The molecule has 1 saturated heterocycles. The molecule has 2 heteroatoms. The average molecular weight is 141 g/mol. The lowest BCUT2D eigenvalue weighted by Gasteiger charge is -2.02. The van der Waals surface area contributed by atoms with Crippen LogP contribution in [0.5, 0.6) is 0 Å². The summed E-state index contributed by atoms with van der Waals surface area (Å²) in [6.45, 7) is 2.20. The highest BCUT2D eigenvalue weighted by Gasteiger charge is 2.33. The van der Waals surface area contributed by atoms with Gasteiger partial charge in [-0.05, 0) is 43.3 Å². The minimum atomic E-state index is 0.738. The van der Waals surface area contributed by atoms with E-state index in [-0.39, 0.29) is 0 Å². The van der Waals surface area contributed by atoms with Gasteiger partial charge in [0.2, 0.25) is 0 Å². The Morgan fingerprint density at radius 3 is 2.40 bits per heavy atom. The van der Waals surface area contributed by atoms with Crippen LogP contribution in [0.4, 0.5) is 4.39 Å². The summed E-state index contributed by atoms with van der Waals surface area (Å²) in [4.78, 5) is 0. The molecule has 2 fully saturated rings. The van der Waals surface area contributed by atoms with Gasteiger partial charge in [-0.2, -0.15) is 0 Å². The van der Waals surface area contributed by atoms with Crippen LogP contribution in [0.1, 0.15) is 12.8 Å². The molecule has 0 aromatic heterocycles. The summed E-state index contributed by atoms with van der Waals surface area (Å²) in [5.41, 5.74) is 1.02. The topological polar surface area (TPSA) is 12.0 Å².